The highest BCUT2D eigenvalue weighted by molar-refractivity contribution is 6.30. The number of carbonyl (C=O) groups is 1. The van der Waals surface area contributed by atoms with Crippen molar-refractivity contribution in [1.82, 2.24) is 20.2 Å². The molecule has 10 rings (SSSR count). The van der Waals surface area contributed by atoms with E-state index in [9.17, 15) is 4.79 Å². The van der Waals surface area contributed by atoms with Crippen molar-refractivity contribution >= 4 is 29.3 Å². The van der Waals surface area contributed by atoms with Gasteiger partial charge in [-0.1, -0.05) is 47.5 Å². The lowest BCUT2D eigenvalue weighted by Gasteiger charge is -2.26. The van der Waals surface area contributed by atoms with Gasteiger partial charge in [0.1, 0.15) is 17.0 Å². The Hall–Kier alpha value is -4.25. The number of halogens is 2. The molecule has 8 atom stereocenters. The van der Waals surface area contributed by atoms with Crippen LogP contribution >= 0.6 is 23.2 Å². The van der Waals surface area contributed by atoms with Gasteiger partial charge in [-0.2, -0.15) is 0 Å². The van der Waals surface area contributed by atoms with Crippen molar-refractivity contribution in [3.63, 3.8) is 0 Å². The molecule has 1 N–H and O–H groups in total. The third-order valence-electron chi connectivity index (χ3n) is 11.3. The Kier molecular flexibility index (Phi) is 8.07. The molecular weight excluding hydrogens is 715 g/mol. The van der Waals surface area contributed by atoms with E-state index < -0.39 is 17.2 Å². The molecule has 4 unspecified atom stereocenters. The Labute approximate surface area is 319 Å². The predicted octanol–water partition coefficient (Wildman–Crippen LogP) is 8.27. The second kappa shape index (κ2) is 12.4. The Balaban J connectivity index is 0.000000145. The van der Waals surface area contributed by atoms with E-state index >= 15 is 0 Å². The van der Waals surface area contributed by atoms with Gasteiger partial charge in [-0.15, -0.1) is 0 Å². The van der Waals surface area contributed by atoms with Crippen LogP contribution in [0.4, 0.5) is 4.79 Å². The van der Waals surface area contributed by atoms with Gasteiger partial charge in [-0.3, -0.25) is 9.97 Å². The van der Waals surface area contributed by atoms with E-state index in [0.29, 0.717) is 52.5 Å². The highest BCUT2D eigenvalue weighted by atomic mass is 35.5. The number of piperidine rings is 2. The summed E-state index contributed by atoms with van der Waals surface area (Å²) in [5, 5.41) is 4.61. The number of carbonyl (C=O) groups excluding carboxylic acids is 1. The molecule has 2 aromatic carbocycles. The number of hydrogen-bond acceptors (Lipinski definition) is 9. The zero-order valence-corrected chi connectivity index (χ0v) is 31.8. The number of ether oxygens (including phenoxy) is 5. The minimum atomic E-state index is -0.991. The second-order valence-electron chi connectivity index (χ2n) is 16.1. The second-order valence-corrected chi connectivity index (χ2v) is 17.0. The molecule has 12 heteroatoms. The Morgan fingerprint density at radius 1 is 0.736 bits per heavy atom. The third-order valence-corrected chi connectivity index (χ3v) is 11.7. The largest absolute Gasteiger partial charge is 0.444 e. The van der Waals surface area contributed by atoms with Gasteiger partial charge in [0.15, 0.2) is 23.0 Å². The van der Waals surface area contributed by atoms with Gasteiger partial charge in [0.05, 0.1) is 10.0 Å². The summed E-state index contributed by atoms with van der Waals surface area (Å²) in [6, 6.07) is 19.5. The summed E-state index contributed by atoms with van der Waals surface area (Å²) in [4.78, 5) is 22.9. The number of pyridine rings is 2. The summed E-state index contributed by atoms with van der Waals surface area (Å²) in [5.41, 5.74) is 3.33. The number of amides is 1. The minimum absolute atomic E-state index is 0.229. The maximum absolute atomic E-state index is 12.4. The molecule has 2 aromatic heterocycles. The molecule has 2 aliphatic carbocycles. The molecule has 4 fully saturated rings. The van der Waals surface area contributed by atoms with Crippen molar-refractivity contribution < 1.29 is 28.5 Å². The molecule has 2 saturated carbocycles. The number of likely N-dealkylation sites (tertiary alicyclic amines) is 1. The lowest BCUT2D eigenvalue weighted by atomic mass is 10.1. The van der Waals surface area contributed by atoms with Crippen molar-refractivity contribution in [2.45, 2.75) is 63.6 Å². The predicted molar refractivity (Wildman–Crippen MR) is 199 cm³/mol. The van der Waals surface area contributed by atoms with Crippen LogP contribution < -0.4 is 24.3 Å². The molecule has 276 valence electrons. The van der Waals surface area contributed by atoms with Gasteiger partial charge in [0, 0.05) is 50.5 Å². The molecule has 0 radical (unpaired) electrons. The quantitative estimate of drug-likeness (QED) is 0.220. The molecule has 0 spiro atoms. The molecule has 2 saturated heterocycles. The van der Waals surface area contributed by atoms with E-state index in [1.54, 1.807) is 18.5 Å². The summed E-state index contributed by atoms with van der Waals surface area (Å²) in [6.45, 7) is 13.1. The van der Waals surface area contributed by atoms with E-state index in [1.807, 2.05) is 75.9 Å². The fourth-order valence-electron chi connectivity index (χ4n) is 8.66. The van der Waals surface area contributed by atoms with Crippen LogP contribution in [0.3, 0.4) is 0 Å². The van der Waals surface area contributed by atoms with Gasteiger partial charge in [-0.25, -0.2) is 4.79 Å². The molecule has 10 nitrogen and oxygen atoms in total. The van der Waals surface area contributed by atoms with E-state index in [4.69, 9.17) is 46.9 Å². The van der Waals surface area contributed by atoms with Crippen LogP contribution in [0.5, 0.6) is 23.0 Å². The molecule has 4 aliphatic heterocycles. The summed E-state index contributed by atoms with van der Waals surface area (Å²) in [7, 11) is 0. The highest BCUT2D eigenvalue weighted by Crippen LogP contribution is 2.63. The van der Waals surface area contributed by atoms with Gasteiger partial charge in [0.2, 0.25) is 0 Å². The van der Waals surface area contributed by atoms with E-state index in [0.717, 1.165) is 59.2 Å². The van der Waals surface area contributed by atoms with E-state index in [2.05, 4.69) is 33.5 Å². The van der Waals surface area contributed by atoms with Crippen LogP contribution in [0.15, 0.2) is 73.1 Å². The number of benzene rings is 2. The monoisotopic (exact) mass is 756 g/mol. The third kappa shape index (κ3) is 6.22. The molecule has 53 heavy (non-hydrogen) atoms. The topological polar surface area (TPSA) is 104 Å². The lowest BCUT2D eigenvalue weighted by molar-refractivity contribution is -0.0725. The smallest absolute Gasteiger partial charge is 0.410 e. The van der Waals surface area contributed by atoms with Crippen molar-refractivity contribution in [3.05, 3.63) is 106 Å². The van der Waals surface area contributed by atoms with Crippen LogP contribution in [0.25, 0.3) is 0 Å². The summed E-state index contributed by atoms with van der Waals surface area (Å²) >= 11 is 11.9. The maximum Gasteiger partial charge on any atom is 0.410 e. The van der Waals surface area contributed by atoms with E-state index in [-0.39, 0.29) is 6.09 Å². The number of hydrogen-bond donors (Lipinski definition) is 1. The summed E-state index contributed by atoms with van der Waals surface area (Å²) in [5.74, 6) is 4.59. The summed E-state index contributed by atoms with van der Waals surface area (Å²) in [6.07, 6.45) is 2.98. The van der Waals surface area contributed by atoms with Crippen LogP contribution in [-0.2, 0) is 16.3 Å². The van der Waals surface area contributed by atoms with Crippen LogP contribution in [0, 0.1) is 23.7 Å². The highest BCUT2D eigenvalue weighted by Gasteiger charge is 2.60. The maximum atomic E-state index is 12.4. The van der Waals surface area contributed by atoms with Crippen LogP contribution in [0.2, 0.25) is 10.0 Å². The number of nitrogens with zero attached hydrogens (tertiary/aromatic N) is 3. The van der Waals surface area contributed by atoms with Crippen molar-refractivity contribution in [1.29, 1.82) is 0 Å². The van der Waals surface area contributed by atoms with Gasteiger partial charge in [0.25, 0.3) is 11.6 Å². The summed E-state index contributed by atoms with van der Waals surface area (Å²) < 4.78 is 30.4. The number of nitrogens with one attached hydrogen (secondary N) is 1. The Morgan fingerprint density at radius 2 is 1.21 bits per heavy atom. The SMILES string of the molecule is CC(C)(C)OC(=O)N1C[C@@H]2C(c3cccc4c3OC(C)(c3ccc(Cl)cn3)O4)[C@@H]2C1.CC1(c2ccc(Cl)cn2)Oc2cccc(C3[C@H]4CNC[C@@H]34)c2O1. The number of fused-ring (bicyclic) bond motifs is 4. The average Bonchev–Trinajstić information content (AvgIpc) is 3.55. The first-order valence-electron chi connectivity index (χ1n) is 18.2. The van der Waals surface area contributed by atoms with Gasteiger partial charge >= 0.3 is 6.09 Å². The fourth-order valence-corrected chi connectivity index (χ4v) is 8.89. The molecule has 0 bridgehead atoms. The minimum Gasteiger partial charge on any atom is -0.444 e. The zero-order chi connectivity index (χ0) is 36.9. The number of rotatable bonds is 4. The normalized spacial score (nSPS) is 31.0. The van der Waals surface area contributed by atoms with Gasteiger partial charge in [-0.05, 0) is 106 Å². The number of para-hydroxylation sites is 2. The van der Waals surface area contributed by atoms with Gasteiger partial charge < -0.3 is 33.9 Å². The molecule has 1 amide bonds. The van der Waals surface area contributed by atoms with Crippen molar-refractivity contribution in [3.8, 4) is 23.0 Å². The molecule has 6 aliphatic rings. The molecular formula is C41H42Cl2N4O6. The van der Waals surface area contributed by atoms with Crippen LogP contribution in [-0.4, -0.2) is 52.7 Å². The number of aromatic nitrogens is 2. The lowest BCUT2D eigenvalue weighted by Crippen LogP contribution is -2.36. The van der Waals surface area contributed by atoms with Crippen molar-refractivity contribution in [2.24, 2.45) is 23.7 Å². The standard InChI is InChI=1S/C23H25ClN2O4.C18H17ClN2O2/c1-22(2,3)30-21(27)26-11-15-16(12-26)19(15)14-6-5-7-17-20(14)29-23(4,28-17)18-9-8-13(24)10-25-18;1-18(15-6-5-10(19)7-21-15)22-14-4-2-3-11(17(14)23-18)16-12-8-20-9-13(12)16/h5-10,15-16,19H,11-12H2,1-4H3;2-7,12-13,16,20H,8-9H2,1H3/t15-,16+,19?,23?;12-,13+,16?,18?. The first kappa shape index (κ1) is 34.5. The first-order chi connectivity index (χ1) is 25.3. The fraction of sp³-hybridized carbons (Fsp3) is 0.439. The average molecular weight is 758 g/mol. The van der Waals surface area contributed by atoms with Crippen molar-refractivity contribution in [2.75, 3.05) is 26.2 Å². The van der Waals surface area contributed by atoms with Crippen LogP contribution in [0.1, 0.15) is 69.0 Å². The zero-order valence-electron chi connectivity index (χ0n) is 30.3. The Bertz CT molecular complexity index is 2050. The Morgan fingerprint density at radius 3 is 1.64 bits per heavy atom. The molecule has 6 heterocycles. The van der Waals surface area contributed by atoms with E-state index in [1.165, 1.54) is 5.56 Å². The first-order valence-corrected chi connectivity index (χ1v) is 19.0. The molecule has 4 aromatic rings.